The predicted molar refractivity (Wildman–Crippen MR) is 196 cm³/mol. The van der Waals surface area contributed by atoms with E-state index in [1.165, 1.54) is 6.92 Å². The number of carbonyl (C=O) groups excluding carboxylic acids is 1. The molecule has 3 N–H and O–H groups in total. The van der Waals surface area contributed by atoms with E-state index >= 15 is 0 Å². The van der Waals surface area contributed by atoms with Crippen LogP contribution in [0.5, 0.6) is 0 Å². The topological polar surface area (TPSA) is 117 Å². The Morgan fingerprint density at radius 1 is 0.837 bits per heavy atom. The molecule has 0 spiro atoms. The number of nitrogens with one attached hydrogen (secondary N) is 1. The maximum absolute atomic E-state index is 13.0. The average molecular weight is 660 g/mol. The highest BCUT2D eigenvalue weighted by atomic mass is 16.1. The Balaban J connectivity index is 1.68. The van der Waals surface area contributed by atoms with Crippen molar-refractivity contribution in [1.29, 1.82) is 0 Å². The van der Waals surface area contributed by atoms with Crippen LogP contribution in [0, 0.1) is 0 Å². The minimum atomic E-state index is -1.22. The molecule has 12 heteroatoms. The Bertz CT molecular complexity index is 1860. The number of hydrogen-bond acceptors (Lipinski definition) is 9. The van der Waals surface area contributed by atoms with Crippen LogP contribution in [0.3, 0.4) is 0 Å². The van der Waals surface area contributed by atoms with Gasteiger partial charge in [0.2, 0.25) is 5.91 Å². The van der Waals surface area contributed by atoms with Gasteiger partial charge in [-0.3, -0.25) is 30.2 Å². The first-order valence-corrected chi connectivity index (χ1v) is 16.7. The van der Waals surface area contributed by atoms with Gasteiger partial charge < -0.3 is 15.1 Å². The van der Waals surface area contributed by atoms with Crippen molar-refractivity contribution in [3.8, 4) is 0 Å². The maximum atomic E-state index is 13.0. The second-order valence-electron chi connectivity index (χ2n) is 12.4. The third kappa shape index (κ3) is 6.22. The first-order chi connectivity index (χ1) is 23.7. The molecule has 1 aliphatic rings. The number of hydrogen-bond donors (Lipinski definition) is 2. The number of benzene rings is 2. The standard InChI is InChI=1S/C37H45N11O/c1-6-22-45(43-24-20-40-27-43)32-14-11-15-33(35(32)42-29(3)49)47-34(30-12-9-8-10-13-30)26-36(4,46(23-7-2)44-25-21-41-28-44)48(37(47,5)38)31-16-18-39-19-17-31/h8-21,24-28H,6-7,22-23,38H2,1-5H3,(H,42,49). The van der Waals surface area contributed by atoms with E-state index in [1.54, 1.807) is 31.1 Å². The molecule has 5 aromatic rings. The van der Waals surface area contributed by atoms with Crippen molar-refractivity contribution in [3.63, 3.8) is 0 Å². The summed E-state index contributed by atoms with van der Waals surface area (Å²) in [6.45, 7) is 11.4. The number of imidazole rings is 2. The van der Waals surface area contributed by atoms with E-state index < -0.39 is 11.4 Å². The summed E-state index contributed by atoms with van der Waals surface area (Å²) in [4.78, 5) is 30.4. The second-order valence-corrected chi connectivity index (χ2v) is 12.4. The molecular weight excluding hydrogens is 614 g/mol. The monoisotopic (exact) mass is 659 g/mol. The molecular formula is C37H45N11O. The van der Waals surface area contributed by atoms with Crippen molar-refractivity contribution in [3.05, 3.63) is 122 Å². The van der Waals surface area contributed by atoms with Crippen LogP contribution in [0.25, 0.3) is 5.70 Å². The summed E-state index contributed by atoms with van der Waals surface area (Å²) < 4.78 is 3.97. The molecule has 6 rings (SSSR count). The van der Waals surface area contributed by atoms with Gasteiger partial charge in [0.1, 0.15) is 18.3 Å². The number of amides is 1. The molecule has 3 aromatic heterocycles. The fraction of sp³-hybridized carbons (Fsp3) is 0.297. The quantitative estimate of drug-likeness (QED) is 0.169. The molecule has 1 amide bonds. The van der Waals surface area contributed by atoms with Gasteiger partial charge in [-0.15, -0.1) is 0 Å². The Labute approximate surface area is 288 Å². The third-order valence-corrected chi connectivity index (χ3v) is 8.77. The van der Waals surface area contributed by atoms with Crippen LogP contribution in [0.4, 0.5) is 22.7 Å². The Hall–Kier alpha value is -5.62. The van der Waals surface area contributed by atoms with Gasteiger partial charge in [0.25, 0.3) is 0 Å². The number of anilines is 4. The summed E-state index contributed by atoms with van der Waals surface area (Å²) >= 11 is 0. The van der Waals surface area contributed by atoms with E-state index in [0.29, 0.717) is 18.8 Å². The molecule has 0 saturated heterocycles. The van der Waals surface area contributed by atoms with Crippen LogP contribution in [-0.4, -0.2) is 54.8 Å². The van der Waals surface area contributed by atoms with Crippen LogP contribution >= 0.6 is 0 Å². The highest BCUT2D eigenvalue weighted by Gasteiger charge is 2.53. The molecule has 2 unspecified atom stereocenters. The minimum absolute atomic E-state index is 0.193. The molecule has 254 valence electrons. The Morgan fingerprint density at radius 2 is 1.51 bits per heavy atom. The zero-order chi connectivity index (χ0) is 34.6. The molecule has 0 bridgehead atoms. The fourth-order valence-electron chi connectivity index (χ4n) is 6.97. The summed E-state index contributed by atoms with van der Waals surface area (Å²) in [5, 5.41) is 7.59. The van der Waals surface area contributed by atoms with Gasteiger partial charge >= 0.3 is 0 Å². The number of nitrogens with two attached hydrogens (primary N) is 1. The van der Waals surface area contributed by atoms with E-state index in [1.807, 2.05) is 83.5 Å². The van der Waals surface area contributed by atoms with E-state index in [0.717, 1.165) is 41.2 Å². The highest BCUT2D eigenvalue weighted by Crippen LogP contribution is 2.49. The normalized spacial score (nSPS) is 19.0. The van der Waals surface area contributed by atoms with Crippen LogP contribution in [0.1, 0.15) is 53.0 Å². The molecule has 0 fully saturated rings. The van der Waals surface area contributed by atoms with Crippen molar-refractivity contribution in [2.75, 3.05) is 38.2 Å². The van der Waals surface area contributed by atoms with Crippen LogP contribution < -0.4 is 30.9 Å². The summed E-state index contributed by atoms with van der Waals surface area (Å²) in [6, 6.07) is 20.3. The van der Waals surface area contributed by atoms with Crippen LogP contribution in [0.2, 0.25) is 0 Å². The lowest BCUT2D eigenvalue weighted by Gasteiger charge is -2.61. The fourth-order valence-corrected chi connectivity index (χ4v) is 6.97. The number of para-hydroxylation sites is 1. The zero-order valence-corrected chi connectivity index (χ0v) is 28.8. The number of rotatable bonds is 12. The Morgan fingerprint density at radius 3 is 2.12 bits per heavy atom. The van der Waals surface area contributed by atoms with Gasteiger partial charge in [0, 0.05) is 62.9 Å². The highest BCUT2D eigenvalue weighted by molar-refractivity contribution is 6.01. The van der Waals surface area contributed by atoms with E-state index in [4.69, 9.17) is 5.73 Å². The lowest BCUT2D eigenvalue weighted by Crippen LogP contribution is -2.78. The number of pyridine rings is 1. The zero-order valence-electron chi connectivity index (χ0n) is 28.8. The largest absolute Gasteiger partial charge is 0.323 e. The van der Waals surface area contributed by atoms with Crippen molar-refractivity contribution >= 4 is 34.4 Å². The Kier molecular flexibility index (Phi) is 9.41. The van der Waals surface area contributed by atoms with E-state index in [9.17, 15) is 4.79 Å². The lowest BCUT2D eigenvalue weighted by molar-refractivity contribution is -0.114. The van der Waals surface area contributed by atoms with Crippen LogP contribution in [-0.2, 0) is 4.79 Å². The average Bonchev–Trinajstić information content (AvgIpc) is 3.82. The van der Waals surface area contributed by atoms with Crippen LogP contribution in [0.15, 0.2) is 117 Å². The summed E-state index contributed by atoms with van der Waals surface area (Å²) in [5.74, 6) is -1.42. The first kappa shape index (κ1) is 33.3. The minimum Gasteiger partial charge on any atom is -0.323 e. The number of nitrogens with zero attached hydrogens (tertiary/aromatic N) is 9. The van der Waals surface area contributed by atoms with Crippen molar-refractivity contribution < 1.29 is 4.79 Å². The molecule has 0 saturated carbocycles. The van der Waals surface area contributed by atoms with Gasteiger partial charge in [-0.25, -0.2) is 14.6 Å². The smallest absolute Gasteiger partial charge is 0.221 e. The van der Waals surface area contributed by atoms with E-state index in [-0.39, 0.29) is 5.91 Å². The second kappa shape index (κ2) is 13.9. The van der Waals surface area contributed by atoms with E-state index in [2.05, 4.69) is 79.1 Å². The number of carbonyl (C=O) groups is 1. The SMILES string of the molecule is CCCN(c1cccc(N2C(c3ccccc3)=CC(C)(N(CCC)n3ccnc3)N(c3ccncc3)C2(C)N)c1NC(C)=O)n1ccnc1. The molecule has 4 heterocycles. The van der Waals surface area contributed by atoms with Gasteiger partial charge in [-0.2, -0.15) is 0 Å². The van der Waals surface area contributed by atoms with Gasteiger partial charge in [0.15, 0.2) is 5.79 Å². The molecule has 0 aliphatic carbocycles. The maximum Gasteiger partial charge on any atom is 0.221 e. The summed E-state index contributed by atoms with van der Waals surface area (Å²) in [7, 11) is 0. The van der Waals surface area contributed by atoms with Gasteiger partial charge in [-0.05, 0) is 62.6 Å². The van der Waals surface area contributed by atoms with Crippen molar-refractivity contribution in [2.24, 2.45) is 5.73 Å². The summed E-state index contributed by atoms with van der Waals surface area (Å²) in [6.07, 6.45) is 18.5. The van der Waals surface area contributed by atoms with Crippen molar-refractivity contribution in [2.45, 2.75) is 58.9 Å². The third-order valence-electron chi connectivity index (χ3n) is 8.77. The molecule has 2 aromatic carbocycles. The van der Waals surface area contributed by atoms with Crippen molar-refractivity contribution in [1.82, 2.24) is 24.3 Å². The lowest BCUT2D eigenvalue weighted by atomic mass is 9.93. The molecule has 0 radical (unpaired) electrons. The first-order valence-electron chi connectivity index (χ1n) is 16.7. The van der Waals surface area contributed by atoms with Gasteiger partial charge in [0.05, 0.1) is 22.8 Å². The molecule has 2 atom stereocenters. The summed E-state index contributed by atoms with van der Waals surface area (Å²) in [5.41, 5.74) is 11.9. The number of aromatic nitrogens is 5. The van der Waals surface area contributed by atoms with Gasteiger partial charge in [-0.1, -0.05) is 50.2 Å². The molecule has 1 aliphatic heterocycles. The molecule has 49 heavy (non-hydrogen) atoms. The molecule has 12 nitrogen and oxygen atoms in total. The predicted octanol–water partition coefficient (Wildman–Crippen LogP) is 5.88.